The Bertz CT molecular complexity index is 1160. The molecule has 0 bridgehead atoms. The van der Waals surface area contributed by atoms with Crippen LogP contribution in [-0.4, -0.2) is 90.3 Å². The van der Waals surface area contributed by atoms with Gasteiger partial charge in [-0.1, -0.05) is 293 Å². The zero-order chi connectivity index (χ0) is 57.4. The molecule has 0 aliphatic carbocycles. The monoisotopic (exact) mass is 1160 g/mol. The van der Waals surface area contributed by atoms with Crippen molar-refractivity contribution in [3.05, 3.63) is 48.6 Å². The van der Waals surface area contributed by atoms with Gasteiger partial charge >= 0.3 is 23.9 Å². The molecule has 0 rings (SSSR count). The minimum Gasteiger partial charge on any atom is -0.478 e. The smallest absolute Gasteiger partial charge is 0.331 e. The highest BCUT2D eigenvalue weighted by atomic mass is 32.2. The van der Waals surface area contributed by atoms with Gasteiger partial charge in [-0.05, 0) is 48.7 Å². The number of carboxylic acids is 4. The molecule has 77 heavy (non-hydrogen) atoms. The van der Waals surface area contributed by atoms with Gasteiger partial charge in [0.15, 0.2) is 0 Å². The Balaban J connectivity index is -0.000000298. The molecule has 0 saturated carbocycles. The molecule has 0 atom stereocenters. The van der Waals surface area contributed by atoms with Gasteiger partial charge in [0.1, 0.15) is 0 Å². The molecule has 0 fully saturated rings. The van der Waals surface area contributed by atoms with Crippen LogP contribution in [0.15, 0.2) is 48.6 Å². The van der Waals surface area contributed by atoms with Crippen molar-refractivity contribution >= 4 is 70.9 Å². The first kappa shape index (κ1) is 84.1. The number of hydrogen-bond donors (Lipinski definition) is 4. The molecule has 0 aromatic rings. The molecular weight excluding hydrogens is 1040 g/mol. The topological polar surface area (TPSA) is 149 Å². The quantitative estimate of drug-likeness (QED) is 0.0339. The fraction of sp³-hybridized carbons (Fsp3) is 0.815. The van der Waals surface area contributed by atoms with Gasteiger partial charge in [0.05, 0.1) is 0 Å². The predicted molar refractivity (Wildman–Crippen MR) is 351 cm³/mol. The second kappa shape index (κ2) is 72.3. The van der Waals surface area contributed by atoms with Crippen LogP contribution in [0, 0.1) is 0 Å². The van der Waals surface area contributed by atoms with Crippen molar-refractivity contribution in [1.82, 2.24) is 0 Å². The number of thioether (sulfide) groups is 4. The Morgan fingerprint density at radius 1 is 0.247 bits per heavy atom. The summed E-state index contributed by atoms with van der Waals surface area (Å²) in [6, 6.07) is 0. The van der Waals surface area contributed by atoms with Crippen LogP contribution in [0.5, 0.6) is 0 Å². The van der Waals surface area contributed by atoms with Gasteiger partial charge in [-0.3, -0.25) is 0 Å². The van der Waals surface area contributed by atoms with Gasteiger partial charge in [0, 0.05) is 45.3 Å². The van der Waals surface area contributed by atoms with Crippen LogP contribution >= 0.6 is 47.0 Å². The lowest BCUT2D eigenvalue weighted by Crippen LogP contribution is -2.01. The molecule has 0 aliphatic rings. The molecule has 0 unspecified atom stereocenters. The number of carbonyl (C=O) groups is 4. The van der Waals surface area contributed by atoms with Gasteiger partial charge in [0.2, 0.25) is 0 Å². The van der Waals surface area contributed by atoms with Crippen molar-refractivity contribution in [2.45, 2.75) is 292 Å². The van der Waals surface area contributed by atoms with Crippen molar-refractivity contribution in [3.63, 3.8) is 0 Å². The molecule has 8 nitrogen and oxygen atoms in total. The third kappa shape index (κ3) is 78.5. The molecule has 456 valence electrons. The SMILES string of the molecule is C.C=C(CSCCCCCCCCCCCC)C(=O)O.C=C(CSCCCCCCCCCCCC)C(=O)O.C=C(CSCCCCCCCCCCCC)C(=O)O.C=C(CSCCCCCCCCCCCC)C(=O)O. The number of hydrogen-bond acceptors (Lipinski definition) is 8. The molecule has 12 heteroatoms. The third-order valence-electron chi connectivity index (χ3n) is 12.9. The summed E-state index contributed by atoms with van der Waals surface area (Å²) in [6.45, 7) is 23.1. The summed E-state index contributed by atoms with van der Waals surface area (Å²) in [7, 11) is 0. The maximum absolute atomic E-state index is 10.5. The highest BCUT2D eigenvalue weighted by Gasteiger charge is 2.06. The molecule has 0 aromatic carbocycles. The lowest BCUT2D eigenvalue weighted by atomic mass is 10.1. The van der Waals surface area contributed by atoms with Crippen LogP contribution in [0.2, 0.25) is 0 Å². The standard InChI is InChI=1S/4C16H30O2S.CH4/c4*1-3-4-5-6-7-8-9-10-11-12-13-19-14-15(2)16(17)18;/h4*2-14H2,1H3,(H,17,18);1H4. The summed E-state index contributed by atoms with van der Waals surface area (Å²) in [5.74, 6) is 3.02. The molecule has 0 aliphatic heterocycles. The largest absolute Gasteiger partial charge is 0.478 e. The Kier molecular flexibility index (Phi) is 78.9. The zero-order valence-corrected chi connectivity index (χ0v) is 53.1. The van der Waals surface area contributed by atoms with Crippen LogP contribution in [0.1, 0.15) is 292 Å². The summed E-state index contributed by atoms with van der Waals surface area (Å²) in [6.07, 6.45) is 53.9. The first-order valence-corrected chi connectivity index (χ1v) is 35.3. The maximum Gasteiger partial charge on any atom is 0.331 e. The number of unbranched alkanes of at least 4 members (excludes halogenated alkanes) is 36. The first-order valence-electron chi connectivity index (χ1n) is 30.7. The molecule has 0 aromatic heterocycles. The van der Waals surface area contributed by atoms with Crippen LogP contribution in [-0.2, 0) is 19.2 Å². The molecule has 0 saturated heterocycles. The summed E-state index contributed by atoms with van der Waals surface area (Å²) >= 11 is 6.75. The minimum atomic E-state index is -0.865. The Morgan fingerprint density at radius 2 is 0.364 bits per heavy atom. The fourth-order valence-corrected chi connectivity index (χ4v) is 11.5. The number of rotatable bonds is 56. The molecule has 0 radical (unpaired) electrons. The summed E-state index contributed by atoms with van der Waals surface area (Å²) < 4.78 is 0. The van der Waals surface area contributed by atoms with Gasteiger partial charge in [0.25, 0.3) is 0 Å². The second-order valence-electron chi connectivity index (χ2n) is 20.6. The summed E-state index contributed by atoms with van der Waals surface area (Å²) in [5, 5.41) is 34.6. The highest BCUT2D eigenvalue weighted by molar-refractivity contribution is 8.00. The van der Waals surface area contributed by atoms with E-state index in [0.717, 1.165) is 23.0 Å². The van der Waals surface area contributed by atoms with Crippen molar-refractivity contribution < 1.29 is 39.6 Å². The van der Waals surface area contributed by atoms with Crippen LogP contribution in [0.25, 0.3) is 0 Å². The Morgan fingerprint density at radius 3 is 0.481 bits per heavy atom. The Labute approximate surface area is 494 Å². The van der Waals surface area contributed by atoms with Gasteiger partial charge in [-0.25, -0.2) is 19.2 Å². The third-order valence-corrected chi connectivity index (χ3v) is 17.4. The zero-order valence-electron chi connectivity index (χ0n) is 49.8. The van der Waals surface area contributed by atoms with E-state index in [9.17, 15) is 19.2 Å². The maximum atomic E-state index is 10.5. The normalized spacial score (nSPS) is 10.4. The molecule has 0 heterocycles. The predicted octanol–water partition coefficient (Wildman–Crippen LogP) is 21.8. The van der Waals surface area contributed by atoms with Crippen LogP contribution < -0.4 is 0 Å². The minimum absolute atomic E-state index is 0. The van der Waals surface area contributed by atoms with Gasteiger partial charge < -0.3 is 20.4 Å². The van der Waals surface area contributed by atoms with Crippen molar-refractivity contribution in [2.75, 3.05) is 46.0 Å². The highest BCUT2D eigenvalue weighted by Crippen LogP contribution is 2.18. The number of carboxylic acid groups (broad SMARTS) is 4. The van der Waals surface area contributed by atoms with Crippen LogP contribution in [0.3, 0.4) is 0 Å². The fourth-order valence-electron chi connectivity index (χ4n) is 7.79. The van der Waals surface area contributed by atoms with E-state index in [1.54, 1.807) is 47.0 Å². The van der Waals surface area contributed by atoms with Gasteiger partial charge in [-0.15, -0.1) is 0 Å². The number of aliphatic carboxylic acids is 4. The van der Waals surface area contributed by atoms with Crippen LogP contribution in [0.4, 0.5) is 0 Å². The lowest BCUT2D eigenvalue weighted by Gasteiger charge is -2.03. The molecular formula is C65H124O8S4. The Hall–Kier alpha value is -1.76. The van der Waals surface area contributed by atoms with E-state index in [2.05, 4.69) is 54.0 Å². The average molecular weight is 1160 g/mol. The molecule has 4 N–H and O–H groups in total. The van der Waals surface area contributed by atoms with Crippen molar-refractivity contribution in [3.8, 4) is 0 Å². The average Bonchev–Trinajstić information content (AvgIpc) is 3.40. The summed E-state index contributed by atoms with van der Waals surface area (Å²) in [5.41, 5.74) is 1.27. The van der Waals surface area contributed by atoms with E-state index in [4.69, 9.17) is 20.4 Å². The van der Waals surface area contributed by atoms with Gasteiger partial charge in [-0.2, -0.15) is 47.0 Å². The van der Waals surface area contributed by atoms with E-state index in [1.807, 2.05) is 0 Å². The van der Waals surface area contributed by atoms with E-state index < -0.39 is 23.9 Å². The van der Waals surface area contributed by atoms with Crippen molar-refractivity contribution in [1.29, 1.82) is 0 Å². The first-order chi connectivity index (χ1) is 36.7. The van der Waals surface area contributed by atoms with E-state index in [0.29, 0.717) is 45.3 Å². The second-order valence-corrected chi connectivity index (χ2v) is 25.0. The van der Waals surface area contributed by atoms with E-state index in [1.165, 1.54) is 257 Å². The summed E-state index contributed by atoms with van der Waals surface area (Å²) in [4.78, 5) is 42.1. The molecule has 0 spiro atoms. The van der Waals surface area contributed by atoms with E-state index >= 15 is 0 Å². The van der Waals surface area contributed by atoms with Crippen molar-refractivity contribution in [2.24, 2.45) is 0 Å². The lowest BCUT2D eigenvalue weighted by molar-refractivity contribution is -0.133. The molecule has 0 amide bonds. The van der Waals surface area contributed by atoms with E-state index in [-0.39, 0.29) is 7.43 Å².